The summed E-state index contributed by atoms with van der Waals surface area (Å²) in [5.41, 5.74) is 1.15. The largest absolute Gasteiger partial charge is 0.375 e. The van der Waals surface area contributed by atoms with E-state index < -0.39 is 0 Å². The first kappa shape index (κ1) is 14.3. The normalized spacial score (nSPS) is 10.0. The summed E-state index contributed by atoms with van der Waals surface area (Å²) in [7, 11) is 1.76. The summed E-state index contributed by atoms with van der Waals surface area (Å²) in [6.45, 7) is 4.08. The lowest BCUT2D eigenvalue weighted by Crippen LogP contribution is -2.37. The smallest absolute Gasteiger partial charge is 0.241 e. The third kappa shape index (κ3) is 3.64. The standard InChI is InChI=1S/C13H16ClN3O/c1-9(2)17(3)13(18)8-16-12-5-4-10(7-15)6-11(12)14/h4-6,9,16H,8H2,1-3H3. The van der Waals surface area contributed by atoms with Gasteiger partial charge in [-0.2, -0.15) is 5.26 Å². The zero-order valence-corrected chi connectivity index (χ0v) is 11.5. The first-order valence-corrected chi connectivity index (χ1v) is 6.02. The molecule has 0 atom stereocenters. The molecule has 4 nitrogen and oxygen atoms in total. The zero-order chi connectivity index (χ0) is 13.7. The molecule has 1 aromatic carbocycles. The van der Waals surface area contributed by atoms with Crippen LogP contribution in [0.4, 0.5) is 5.69 Å². The van der Waals surface area contributed by atoms with Gasteiger partial charge in [-0.15, -0.1) is 0 Å². The molecule has 0 aromatic heterocycles. The third-order valence-electron chi connectivity index (χ3n) is 2.70. The number of nitrogens with one attached hydrogen (secondary N) is 1. The number of rotatable bonds is 4. The molecule has 1 rings (SSSR count). The molecule has 1 amide bonds. The maximum Gasteiger partial charge on any atom is 0.241 e. The second kappa shape index (κ2) is 6.27. The van der Waals surface area contributed by atoms with E-state index in [-0.39, 0.29) is 18.5 Å². The third-order valence-corrected chi connectivity index (χ3v) is 3.01. The molecule has 0 saturated carbocycles. The minimum Gasteiger partial charge on any atom is -0.375 e. The molecular formula is C13H16ClN3O. The highest BCUT2D eigenvalue weighted by Crippen LogP contribution is 2.22. The van der Waals surface area contributed by atoms with Crippen molar-refractivity contribution in [3.8, 4) is 6.07 Å². The Bertz CT molecular complexity index is 480. The fraction of sp³-hybridized carbons (Fsp3) is 0.385. The topological polar surface area (TPSA) is 56.1 Å². The van der Waals surface area contributed by atoms with Crippen molar-refractivity contribution in [2.45, 2.75) is 19.9 Å². The molecule has 0 fully saturated rings. The number of nitrogens with zero attached hydrogens (tertiary/aromatic N) is 2. The number of carbonyl (C=O) groups excluding carboxylic acids is 1. The van der Waals surface area contributed by atoms with E-state index in [1.807, 2.05) is 19.9 Å². The SMILES string of the molecule is CC(C)N(C)C(=O)CNc1ccc(C#N)cc1Cl. The molecule has 0 heterocycles. The van der Waals surface area contributed by atoms with Crippen molar-refractivity contribution >= 4 is 23.2 Å². The molecule has 0 unspecified atom stereocenters. The highest BCUT2D eigenvalue weighted by molar-refractivity contribution is 6.33. The maximum atomic E-state index is 11.8. The summed E-state index contributed by atoms with van der Waals surface area (Å²) < 4.78 is 0. The molecule has 0 spiro atoms. The Morgan fingerprint density at radius 1 is 1.56 bits per heavy atom. The number of amides is 1. The molecule has 0 aliphatic heterocycles. The van der Waals surface area contributed by atoms with Gasteiger partial charge in [0.05, 0.1) is 28.9 Å². The predicted molar refractivity (Wildman–Crippen MR) is 72.6 cm³/mol. The Balaban J connectivity index is 2.65. The minimum atomic E-state index is -0.00886. The molecule has 0 saturated heterocycles. The van der Waals surface area contributed by atoms with E-state index in [1.165, 1.54) is 0 Å². The Morgan fingerprint density at radius 3 is 2.72 bits per heavy atom. The summed E-state index contributed by atoms with van der Waals surface area (Å²) in [6.07, 6.45) is 0. The lowest BCUT2D eigenvalue weighted by atomic mass is 10.2. The number of benzene rings is 1. The summed E-state index contributed by atoms with van der Waals surface area (Å²) in [5, 5.41) is 12.1. The van der Waals surface area contributed by atoms with Gasteiger partial charge in [-0.1, -0.05) is 11.6 Å². The van der Waals surface area contributed by atoms with Gasteiger partial charge < -0.3 is 10.2 Å². The molecule has 5 heteroatoms. The van der Waals surface area contributed by atoms with Crippen molar-refractivity contribution in [3.63, 3.8) is 0 Å². The van der Waals surface area contributed by atoms with E-state index in [0.29, 0.717) is 16.3 Å². The van der Waals surface area contributed by atoms with Crippen molar-refractivity contribution in [2.75, 3.05) is 18.9 Å². The van der Waals surface area contributed by atoms with Crippen LogP contribution in [0.5, 0.6) is 0 Å². The van der Waals surface area contributed by atoms with E-state index in [0.717, 1.165) is 0 Å². The van der Waals surface area contributed by atoms with Crippen LogP contribution in [0.3, 0.4) is 0 Å². The number of hydrogen-bond acceptors (Lipinski definition) is 3. The number of halogens is 1. The average molecular weight is 266 g/mol. The zero-order valence-electron chi connectivity index (χ0n) is 10.7. The van der Waals surface area contributed by atoms with Crippen LogP contribution >= 0.6 is 11.6 Å². The van der Waals surface area contributed by atoms with Crippen LogP contribution in [0, 0.1) is 11.3 Å². The molecule has 18 heavy (non-hydrogen) atoms. The molecule has 0 radical (unpaired) electrons. The van der Waals surface area contributed by atoms with Gasteiger partial charge in [-0.3, -0.25) is 4.79 Å². The Morgan fingerprint density at radius 2 is 2.22 bits per heavy atom. The Kier molecular flexibility index (Phi) is 4.99. The fourth-order valence-corrected chi connectivity index (χ4v) is 1.56. The summed E-state index contributed by atoms with van der Waals surface area (Å²) >= 11 is 6.00. The van der Waals surface area contributed by atoms with Gasteiger partial charge in [0, 0.05) is 13.1 Å². The van der Waals surface area contributed by atoms with E-state index in [4.69, 9.17) is 16.9 Å². The first-order valence-electron chi connectivity index (χ1n) is 5.65. The van der Waals surface area contributed by atoms with Gasteiger partial charge in [0.25, 0.3) is 0 Å². The van der Waals surface area contributed by atoms with Crippen LogP contribution in [0.25, 0.3) is 0 Å². The second-order valence-corrected chi connectivity index (χ2v) is 4.67. The van der Waals surface area contributed by atoms with Crippen molar-refractivity contribution in [2.24, 2.45) is 0 Å². The van der Waals surface area contributed by atoms with Crippen LogP contribution < -0.4 is 5.32 Å². The summed E-state index contributed by atoms with van der Waals surface area (Å²) in [6, 6.07) is 7.09. The van der Waals surface area contributed by atoms with Crippen LogP contribution in [-0.2, 0) is 4.79 Å². The number of anilines is 1. The van der Waals surface area contributed by atoms with Crippen molar-refractivity contribution in [3.05, 3.63) is 28.8 Å². The van der Waals surface area contributed by atoms with Crippen LogP contribution in [-0.4, -0.2) is 30.4 Å². The number of hydrogen-bond donors (Lipinski definition) is 1. The van der Waals surface area contributed by atoms with Crippen LogP contribution in [0.1, 0.15) is 19.4 Å². The van der Waals surface area contributed by atoms with E-state index in [2.05, 4.69) is 5.32 Å². The van der Waals surface area contributed by atoms with Crippen molar-refractivity contribution in [1.82, 2.24) is 4.90 Å². The second-order valence-electron chi connectivity index (χ2n) is 4.26. The molecule has 0 aliphatic carbocycles. The van der Waals surface area contributed by atoms with Gasteiger partial charge in [0.15, 0.2) is 0 Å². The van der Waals surface area contributed by atoms with Gasteiger partial charge in [0.1, 0.15) is 0 Å². The molecule has 0 bridgehead atoms. The van der Waals surface area contributed by atoms with Crippen molar-refractivity contribution < 1.29 is 4.79 Å². The molecule has 96 valence electrons. The average Bonchev–Trinajstić information content (AvgIpc) is 2.35. The molecule has 0 aliphatic rings. The number of nitriles is 1. The van der Waals surface area contributed by atoms with E-state index in [9.17, 15) is 4.79 Å². The Labute approximate surface area is 112 Å². The summed E-state index contributed by atoms with van der Waals surface area (Å²) in [5.74, 6) is -0.00886. The number of likely N-dealkylation sites (N-methyl/N-ethyl adjacent to an activating group) is 1. The fourth-order valence-electron chi connectivity index (χ4n) is 1.31. The lowest BCUT2D eigenvalue weighted by Gasteiger charge is -2.22. The van der Waals surface area contributed by atoms with Crippen LogP contribution in [0.2, 0.25) is 5.02 Å². The quantitative estimate of drug-likeness (QED) is 0.910. The Hall–Kier alpha value is -1.73. The lowest BCUT2D eigenvalue weighted by molar-refractivity contribution is -0.129. The highest BCUT2D eigenvalue weighted by atomic mass is 35.5. The highest BCUT2D eigenvalue weighted by Gasteiger charge is 2.12. The molecule has 1 aromatic rings. The van der Waals surface area contributed by atoms with Crippen molar-refractivity contribution in [1.29, 1.82) is 5.26 Å². The maximum absolute atomic E-state index is 11.8. The van der Waals surface area contributed by atoms with E-state index >= 15 is 0 Å². The predicted octanol–water partition coefficient (Wildman–Crippen LogP) is 2.49. The minimum absolute atomic E-state index is 0.00886. The monoisotopic (exact) mass is 265 g/mol. The van der Waals surface area contributed by atoms with Crippen LogP contribution in [0.15, 0.2) is 18.2 Å². The first-order chi connectivity index (χ1) is 8.45. The molecule has 1 N–H and O–H groups in total. The summed E-state index contributed by atoms with van der Waals surface area (Å²) in [4.78, 5) is 13.4. The van der Waals surface area contributed by atoms with Gasteiger partial charge in [-0.05, 0) is 32.0 Å². The number of carbonyl (C=O) groups is 1. The van der Waals surface area contributed by atoms with Gasteiger partial charge in [-0.25, -0.2) is 0 Å². The molecular weight excluding hydrogens is 250 g/mol. The van der Waals surface area contributed by atoms with Gasteiger partial charge in [0.2, 0.25) is 5.91 Å². The van der Waals surface area contributed by atoms with E-state index in [1.54, 1.807) is 30.1 Å². The van der Waals surface area contributed by atoms with Gasteiger partial charge >= 0.3 is 0 Å².